The monoisotopic (exact) mass is 488 g/mol. The van der Waals surface area contributed by atoms with Crippen LogP contribution >= 0.6 is 23.1 Å². The molecular formula is C26H24N4O2S2. The van der Waals surface area contributed by atoms with Crippen molar-refractivity contribution < 1.29 is 9.32 Å². The number of carbonyl (C=O) groups is 1. The van der Waals surface area contributed by atoms with Crippen LogP contribution in [0, 0.1) is 6.92 Å². The Hall–Kier alpha value is -3.36. The highest BCUT2D eigenvalue weighted by Gasteiger charge is 2.36. The zero-order valence-electron chi connectivity index (χ0n) is 19.1. The molecule has 6 nitrogen and oxygen atoms in total. The molecule has 8 heteroatoms. The molecular weight excluding hydrogens is 464 g/mol. The van der Waals surface area contributed by atoms with E-state index in [4.69, 9.17) is 9.51 Å². The van der Waals surface area contributed by atoms with Crippen molar-refractivity contribution in [2.75, 3.05) is 6.26 Å². The van der Waals surface area contributed by atoms with Gasteiger partial charge in [0, 0.05) is 21.0 Å². The Morgan fingerprint density at radius 2 is 1.94 bits per heavy atom. The number of amides is 2. The minimum Gasteiger partial charge on any atom is -0.334 e. The summed E-state index contributed by atoms with van der Waals surface area (Å²) in [6, 6.07) is 19.7. The van der Waals surface area contributed by atoms with E-state index in [0.717, 1.165) is 37.7 Å². The predicted octanol–water partition coefficient (Wildman–Crippen LogP) is 6.53. The molecule has 0 spiro atoms. The zero-order chi connectivity index (χ0) is 23.7. The van der Waals surface area contributed by atoms with Crippen LogP contribution in [0.2, 0.25) is 0 Å². The smallest absolute Gasteiger partial charge is 0.322 e. The largest absolute Gasteiger partial charge is 0.334 e. The number of benzene rings is 2. The second-order valence-corrected chi connectivity index (χ2v) is 10.0. The molecule has 5 rings (SSSR count). The third kappa shape index (κ3) is 4.38. The molecule has 3 heterocycles. The summed E-state index contributed by atoms with van der Waals surface area (Å²) < 4.78 is 5.79. The Morgan fingerprint density at radius 1 is 1.12 bits per heavy atom. The fourth-order valence-corrected chi connectivity index (χ4v) is 5.19. The summed E-state index contributed by atoms with van der Waals surface area (Å²) >= 11 is 3.30. The van der Waals surface area contributed by atoms with E-state index >= 15 is 0 Å². The van der Waals surface area contributed by atoms with E-state index in [1.807, 2.05) is 74.0 Å². The first-order chi connectivity index (χ1) is 16.5. The third-order valence-electron chi connectivity index (χ3n) is 5.87. The number of aryl methyl sites for hydroxylation is 1. The Balaban J connectivity index is 1.59. The summed E-state index contributed by atoms with van der Waals surface area (Å²) in [5.74, 6) is 0.932. The molecule has 2 aromatic heterocycles. The van der Waals surface area contributed by atoms with Crippen molar-refractivity contribution in [3.8, 4) is 11.4 Å². The fourth-order valence-electron chi connectivity index (χ4n) is 4.09. The van der Waals surface area contributed by atoms with Crippen LogP contribution in [0.5, 0.6) is 0 Å². The predicted molar refractivity (Wildman–Crippen MR) is 136 cm³/mol. The molecule has 34 heavy (non-hydrogen) atoms. The number of aromatic nitrogens is 2. The van der Waals surface area contributed by atoms with E-state index in [9.17, 15) is 4.79 Å². The number of carbonyl (C=O) groups excluding carboxylic acids is 1. The molecule has 1 aliphatic heterocycles. The van der Waals surface area contributed by atoms with Gasteiger partial charge in [-0.15, -0.1) is 23.1 Å². The zero-order valence-corrected chi connectivity index (χ0v) is 20.7. The van der Waals surface area contributed by atoms with Gasteiger partial charge in [-0.2, -0.15) is 4.98 Å². The molecule has 0 fully saturated rings. The minimum atomic E-state index is -0.395. The lowest BCUT2D eigenvalue weighted by Crippen LogP contribution is -2.45. The molecule has 0 saturated carbocycles. The molecule has 2 amide bonds. The van der Waals surface area contributed by atoms with Crippen molar-refractivity contribution in [1.29, 1.82) is 0 Å². The highest BCUT2D eigenvalue weighted by atomic mass is 32.2. The molecule has 0 aliphatic carbocycles. The summed E-state index contributed by atoms with van der Waals surface area (Å²) in [6.07, 6.45) is 2.04. The average molecular weight is 489 g/mol. The van der Waals surface area contributed by atoms with Gasteiger partial charge in [0.05, 0.1) is 18.2 Å². The summed E-state index contributed by atoms with van der Waals surface area (Å²) in [5.41, 5.74) is 4.59. The molecule has 2 aromatic carbocycles. The number of allylic oxidation sites excluding steroid dienone is 1. The van der Waals surface area contributed by atoms with Gasteiger partial charge < -0.3 is 9.84 Å². The third-order valence-corrected chi connectivity index (χ3v) is 7.48. The number of rotatable bonds is 6. The van der Waals surface area contributed by atoms with Gasteiger partial charge in [0.1, 0.15) is 0 Å². The van der Waals surface area contributed by atoms with Crippen molar-refractivity contribution in [2.24, 2.45) is 0 Å². The highest BCUT2D eigenvalue weighted by molar-refractivity contribution is 7.98. The second kappa shape index (κ2) is 9.48. The van der Waals surface area contributed by atoms with Gasteiger partial charge in [0.15, 0.2) is 0 Å². The molecule has 1 atom stereocenters. The van der Waals surface area contributed by atoms with Crippen LogP contribution < -0.4 is 5.32 Å². The van der Waals surface area contributed by atoms with Gasteiger partial charge in [0.2, 0.25) is 5.82 Å². The normalized spacial score (nSPS) is 16.1. The van der Waals surface area contributed by atoms with Gasteiger partial charge in [-0.1, -0.05) is 47.1 Å². The van der Waals surface area contributed by atoms with E-state index < -0.39 is 6.04 Å². The van der Waals surface area contributed by atoms with Gasteiger partial charge >= 0.3 is 6.03 Å². The van der Waals surface area contributed by atoms with Crippen LogP contribution in [0.15, 0.2) is 81.2 Å². The van der Waals surface area contributed by atoms with Crippen LogP contribution in [0.4, 0.5) is 4.79 Å². The molecule has 0 radical (unpaired) electrons. The summed E-state index contributed by atoms with van der Waals surface area (Å²) in [4.78, 5) is 21.9. The SMILES string of the molecule is CSc1ccc(C2NC(=O)N(Cc3cccs3)C(C)=C2c2nc(-c3cccc(C)c3)no2)cc1. The maximum Gasteiger partial charge on any atom is 0.322 e. The second-order valence-electron chi connectivity index (χ2n) is 8.11. The molecule has 4 aromatic rings. The van der Waals surface area contributed by atoms with E-state index in [1.54, 1.807) is 28.0 Å². The van der Waals surface area contributed by atoms with E-state index in [-0.39, 0.29) is 6.03 Å². The quantitative estimate of drug-likeness (QED) is 0.313. The Bertz CT molecular complexity index is 1340. The number of hydrogen-bond donors (Lipinski definition) is 1. The Labute approximate surface area is 206 Å². The average Bonchev–Trinajstić information content (AvgIpc) is 3.54. The molecule has 172 valence electrons. The van der Waals surface area contributed by atoms with Crippen LogP contribution in [0.25, 0.3) is 17.0 Å². The standard InChI is InChI=1S/C26H24N4O2S2/c1-16-6-4-7-19(14-16)24-28-25(32-29-24)22-17(2)30(15-21-8-5-13-34-21)26(31)27-23(22)18-9-11-20(33-3)12-10-18/h4-14,23H,15H2,1-3H3,(H,27,31). The summed E-state index contributed by atoms with van der Waals surface area (Å²) in [5, 5.41) is 9.44. The lowest BCUT2D eigenvalue weighted by atomic mass is 9.94. The Kier molecular flexibility index (Phi) is 6.26. The first-order valence-electron chi connectivity index (χ1n) is 10.9. The van der Waals surface area contributed by atoms with Crippen LogP contribution in [0.1, 0.15) is 34.9 Å². The summed E-state index contributed by atoms with van der Waals surface area (Å²) in [6.45, 7) is 4.46. The van der Waals surface area contributed by atoms with Crippen molar-refractivity contribution in [2.45, 2.75) is 31.3 Å². The summed E-state index contributed by atoms with van der Waals surface area (Å²) in [7, 11) is 0. The van der Waals surface area contributed by atoms with Crippen molar-refractivity contribution >= 4 is 34.7 Å². The van der Waals surface area contributed by atoms with Crippen LogP contribution in [0.3, 0.4) is 0 Å². The van der Waals surface area contributed by atoms with Crippen molar-refractivity contribution in [3.05, 3.63) is 93.6 Å². The minimum absolute atomic E-state index is 0.146. The molecule has 1 unspecified atom stereocenters. The molecule has 1 N–H and O–H groups in total. The van der Waals surface area contributed by atoms with Gasteiger partial charge in [-0.25, -0.2) is 4.79 Å². The molecule has 0 saturated heterocycles. The highest BCUT2D eigenvalue weighted by Crippen LogP contribution is 2.38. The van der Waals surface area contributed by atoms with Crippen LogP contribution in [-0.4, -0.2) is 27.3 Å². The number of thioether (sulfide) groups is 1. The number of urea groups is 1. The van der Waals surface area contributed by atoms with E-state index in [1.165, 1.54) is 0 Å². The fraction of sp³-hybridized carbons (Fsp3) is 0.192. The topological polar surface area (TPSA) is 71.3 Å². The van der Waals surface area contributed by atoms with Gasteiger partial charge in [-0.05, 0) is 55.3 Å². The molecule has 1 aliphatic rings. The first kappa shape index (κ1) is 22.4. The van der Waals surface area contributed by atoms with E-state index in [0.29, 0.717) is 18.3 Å². The lowest BCUT2D eigenvalue weighted by Gasteiger charge is -2.35. The van der Waals surface area contributed by atoms with Gasteiger partial charge in [-0.3, -0.25) is 4.90 Å². The Morgan fingerprint density at radius 3 is 2.65 bits per heavy atom. The number of thiophene rings is 1. The van der Waals surface area contributed by atoms with Crippen molar-refractivity contribution in [1.82, 2.24) is 20.4 Å². The lowest BCUT2D eigenvalue weighted by molar-refractivity contribution is 0.203. The first-order valence-corrected chi connectivity index (χ1v) is 13.0. The maximum atomic E-state index is 13.2. The van der Waals surface area contributed by atoms with Crippen LogP contribution in [-0.2, 0) is 6.54 Å². The molecule has 0 bridgehead atoms. The number of hydrogen-bond acceptors (Lipinski definition) is 6. The maximum absolute atomic E-state index is 13.2. The number of nitrogens with zero attached hydrogens (tertiary/aromatic N) is 3. The number of nitrogens with one attached hydrogen (secondary N) is 1. The van der Waals surface area contributed by atoms with Gasteiger partial charge in [0.25, 0.3) is 5.89 Å². The van der Waals surface area contributed by atoms with Crippen molar-refractivity contribution in [3.63, 3.8) is 0 Å². The van der Waals surface area contributed by atoms with E-state index in [2.05, 4.69) is 22.6 Å².